The number of nitrogens with one attached hydrogen (secondary N) is 2. The highest BCUT2D eigenvalue weighted by Gasteiger charge is 2.69. The number of halogens is 2. The molecule has 3 fully saturated rings. The van der Waals surface area contributed by atoms with E-state index in [1.807, 2.05) is 0 Å². The van der Waals surface area contributed by atoms with Gasteiger partial charge in [0.25, 0.3) is 5.91 Å². The normalized spacial score (nSPS) is 27.2. The van der Waals surface area contributed by atoms with E-state index in [1.54, 1.807) is 6.07 Å². The fraction of sp³-hybridized carbons (Fsp3) is 0.412. The summed E-state index contributed by atoms with van der Waals surface area (Å²) in [5.41, 5.74) is -0.0231. The minimum Gasteiger partial charge on any atom is -0.484 e. The second kappa shape index (κ2) is 6.22. The summed E-state index contributed by atoms with van der Waals surface area (Å²) in [6, 6.07) is 5.61. The molecule has 2 aromatic rings. The molecule has 3 aliphatic carbocycles. The Kier molecular flexibility index (Phi) is 4.13. The predicted octanol–water partition coefficient (Wildman–Crippen LogP) is 1.92. The molecule has 0 aliphatic heterocycles. The topological polar surface area (TPSA) is 96.6 Å². The highest BCUT2D eigenvalue weighted by Crippen LogP contribution is 2.60. The van der Waals surface area contributed by atoms with Gasteiger partial charge in [-0.3, -0.25) is 10.1 Å². The Morgan fingerprint density at radius 1 is 1.38 bits per heavy atom. The number of aromatic nitrogens is 1. The standard InChI is InChI=1S/C17H17ClFN3O4/c18-11-2-1-10(5-12(11)19)25-6-14(23)20-16-7-17(8-16,9-16)21-15(24)13-3-4-26-22-13/h1-5,15,21,24H,6-9H2,(H,20,23). The number of nitrogens with zero attached hydrogens (tertiary/aromatic N) is 1. The van der Waals surface area contributed by atoms with Crippen LogP contribution in [0.4, 0.5) is 4.39 Å². The Morgan fingerprint density at radius 3 is 2.81 bits per heavy atom. The lowest BCUT2D eigenvalue weighted by Crippen LogP contribution is -2.83. The smallest absolute Gasteiger partial charge is 0.258 e. The summed E-state index contributed by atoms with van der Waals surface area (Å²) >= 11 is 5.60. The van der Waals surface area contributed by atoms with E-state index in [-0.39, 0.29) is 34.4 Å². The summed E-state index contributed by atoms with van der Waals surface area (Å²) in [7, 11) is 0. The van der Waals surface area contributed by atoms with Crippen molar-refractivity contribution in [1.29, 1.82) is 0 Å². The first-order valence-corrected chi connectivity index (χ1v) is 8.52. The fourth-order valence-electron chi connectivity index (χ4n) is 3.85. The quantitative estimate of drug-likeness (QED) is 0.634. The highest BCUT2D eigenvalue weighted by molar-refractivity contribution is 6.30. The molecule has 3 saturated carbocycles. The Balaban J connectivity index is 1.23. The van der Waals surface area contributed by atoms with Crippen LogP contribution in [0, 0.1) is 5.82 Å². The van der Waals surface area contributed by atoms with E-state index < -0.39 is 12.0 Å². The lowest BCUT2D eigenvalue weighted by atomic mass is 9.44. The van der Waals surface area contributed by atoms with Crippen LogP contribution in [0.25, 0.3) is 0 Å². The number of carbonyl (C=O) groups excluding carboxylic acids is 1. The van der Waals surface area contributed by atoms with Crippen LogP contribution in [-0.4, -0.2) is 33.9 Å². The monoisotopic (exact) mass is 381 g/mol. The average Bonchev–Trinajstić information content (AvgIpc) is 3.07. The minimum atomic E-state index is -0.897. The number of aliphatic hydroxyl groups is 1. The molecule has 3 aliphatic rings. The molecular formula is C17H17ClFN3O4. The summed E-state index contributed by atoms with van der Waals surface area (Å²) in [6.45, 7) is -0.204. The zero-order valence-corrected chi connectivity index (χ0v) is 14.4. The molecule has 138 valence electrons. The van der Waals surface area contributed by atoms with Gasteiger partial charge in [0, 0.05) is 23.2 Å². The van der Waals surface area contributed by atoms with Crippen LogP contribution in [0.2, 0.25) is 5.02 Å². The number of hydrogen-bond donors (Lipinski definition) is 3. The third-order valence-corrected chi connectivity index (χ3v) is 5.18. The van der Waals surface area contributed by atoms with Crippen LogP contribution in [0.15, 0.2) is 35.1 Å². The lowest BCUT2D eigenvalue weighted by molar-refractivity contribution is -0.151. The SMILES string of the molecule is O=C(COc1ccc(Cl)c(F)c1)NC12CC(NC(O)c3ccon3)(C1)C2. The van der Waals surface area contributed by atoms with E-state index in [4.69, 9.17) is 20.9 Å². The number of rotatable bonds is 7. The van der Waals surface area contributed by atoms with Gasteiger partial charge in [-0.2, -0.15) is 0 Å². The van der Waals surface area contributed by atoms with Crippen LogP contribution in [0.3, 0.4) is 0 Å². The zero-order chi connectivity index (χ0) is 18.4. The molecule has 1 amide bonds. The largest absolute Gasteiger partial charge is 0.484 e. The van der Waals surface area contributed by atoms with Gasteiger partial charge in [0.15, 0.2) is 12.8 Å². The van der Waals surface area contributed by atoms with E-state index in [9.17, 15) is 14.3 Å². The van der Waals surface area contributed by atoms with Crippen LogP contribution >= 0.6 is 11.6 Å². The van der Waals surface area contributed by atoms with Crippen LogP contribution < -0.4 is 15.4 Å². The van der Waals surface area contributed by atoms with Crippen LogP contribution in [0.5, 0.6) is 5.75 Å². The number of ether oxygens (including phenoxy) is 1. The summed E-state index contributed by atoms with van der Waals surface area (Å²) in [4.78, 5) is 12.1. The van der Waals surface area contributed by atoms with Gasteiger partial charge in [0.1, 0.15) is 23.5 Å². The van der Waals surface area contributed by atoms with Crippen molar-refractivity contribution in [2.45, 2.75) is 36.6 Å². The van der Waals surface area contributed by atoms with Crippen molar-refractivity contribution >= 4 is 17.5 Å². The van der Waals surface area contributed by atoms with Crippen molar-refractivity contribution in [3.8, 4) is 5.75 Å². The van der Waals surface area contributed by atoms with Crippen molar-refractivity contribution in [2.24, 2.45) is 0 Å². The number of carbonyl (C=O) groups is 1. The molecule has 1 atom stereocenters. The van der Waals surface area contributed by atoms with Gasteiger partial charge in [-0.25, -0.2) is 4.39 Å². The first kappa shape index (κ1) is 17.3. The Labute approximate surface area is 153 Å². The molecule has 26 heavy (non-hydrogen) atoms. The van der Waals surface area contributed by atoms with Crippen LogP contribution in [-0.2, 0) is 4.79 Å². The number of hydrogen-bond acceptors (Lipinski definition) is 6. The molecule has 9 heteroatoms. The molecule has 1 unspecified atom stereocenters. The van der Waals surface area contributed by atoms with E-state index in [0.717, 1.165) is 25.3 Å². The van der Waals surface area contributed by atoms with Crippen molar-refractivity contribution < 1.29 is 23.6 Å². The van der Waals surface area contributed by atoms with Gasteiger partial charge < -0.3 is 19.7 Å². The Morgan fingerprint density at radius 2 is 2.15 bits per heavy atom. The zero-order valence-electron chi connectivity index (χ0n) is 13.7. The fourth-order valence-corrected chi connectivity index (χ4v) is 3.97. The number of aliphatic hydroxyl groups excluding tert-OH is 1. The van der Waals surface area contributed by atoms with Crippen LogP contribution in [0.1, 0.15) is 31.2 Å². The van der Waals surface area contributed by atoms with E-state index in [2.05, 4.69) is 15.8 Å². The first-order chi connectivity index (χ1) is 12.4. The lowest BCUT2D eigenvalue weighted by Gasteiger charge is -2.71. The summed E-state index contributed by atoms with van der Waals surface area (Å²) < 4.78 is 23.3. The van der Waals surface area contributed by atoms with Gasteiger partial charge in [0.2, 0.25) is 0 Å². The van der Waals surface area contributed by atoms with Gasteiger partial charge in [0.05, 0.1) is 5.02 Å². The molecule has 0 saturated heterocycles. The first-order valence-electron chi connectivity index (χ1n) is 8.14. The maximum atomic E-state index is 13.3. The number of benzene rings is 1. The molecule has 7 nitrogen and oxygen atoms in total. The highest BCUT2D eigenvalue weighted by atomic mass is 35.5. The van der Waals surface area contributed by atoms with Gasteiger partial charge in [-0.15, -0.1) is 0 Å². The molecule has 5 rings (SSSR count). The number of amides is 1. The van der Waals surface area contributed by atoms with Gasteiger partial charge in [-0.1, -0.05) is 16.8 Å². The van der Waals surface area contributed by atoms with E-state index in [1.165, 1.54) is 18.4 Å². The van der Waals surface area contributed by atoms with Crippen molar-refractivity contribution in [3.05, 3.63) is 47.1 Å². The minimum absolute atomic E-state index is 0.00118. The summed E-state index contributed by atoms with van der Waals surface area (Å²) in [6.07, 6.45) is 2.66. The molecule has 1 heterocycles. The second-order valence-electron chi connectivity index (χ2n) is 6.97. The molecule has 1 aromatic heterocycles. The summed E-state index contributed by atoms with van der Waals surface area (Å²) in [5.74, 6) is -0.623. The average molecular weight is 382 g/mol. The maximum absolute atomic E-state index is 13.3. The van der Waals surface area contributed by atoms with Gasteiger partial charge in [-0.05, 0) is 31.4 Å². The maximum Gasteiger partial charge on any atom is 0.258 e. The second-order valence-corrected chi connectivity index (χ2v) is 7.38. The molecule has 1 aromatic carbocycles. The van der Waals surface area contributed by atoms with E-state index >= 15 is 0 Å². The molecule has 2 bridgehead atoms. The molecule has 0 spiro atoms. The van der Waals surface area contributed by atoms with Crippen molar-refractivity contribution in [2.75, 3.05) is 6.61 Å². The van der Waals surface area contributed by atoms with E-state index in [0.29, 0.717) is 5.69 Å². The Bertz CT molecular complexity index is 810. The molecular weight excluding hydrogens is 365 g/mol. The predicted molar refractivity (Wildman–Crippen MR) is 89.0 cm³/mol. The third kappa shape index (κ3) is 3.15. The van der Waals surface area contributed by atoms with Gasteiger partial charge >= 0.3 is 0 Å². The van der Waals surface area contributed by atoms with Crippen molar-refractivity contribution in [1.82, 2.24) is 15.8 Å². The summed E-state index contributed by atoms with van der Waals surface area (Å²) in [5, 5.41) is 19.8. The third-order valence-electron chi connectivity index (χ3n) is 4.88. The Hall–Kier alpha value is -2.16. The van der Waals surface area contributed by atoms with Crippen molar-refractivity contribution in [3.63, 3.8) is 0 Å². The molecule has 0 radical (unpaired) electrons. The molecule has 3 N–H and O–H groups in total.